The molecule has 0 aliphatic carbocycles. The highest BCUT2D eigenvalue weighted by Crippen LogP contribution is 2.27. The van der Waals surface area contributed by atoms with Gasteiger partial charge in [0.1, 0.15) is 10.6 Å². The first-order valence-corrected chi connectivity index (χ1v) is 13.5. The zero-order valence-corrected chi connectivity index (χ0v) is 21.1. The molecule has 2 aromatic rings. The lowest BCUT2D eigenvalue weighted by Crippen LogP contribution is -2.53. The number of nitrogens with one attached hydrogen (secondary N) is 1. The number of carbonyl (C=O) groups is 1. The van der Waals surface area contributed by atoms with Crippen molar-refractivity contribution >= 4 is 21.6 Å². The predicted molar refractivity (Wildman–Crippen MR) is 130 cm³/mol. The highest BCUT2D eigenvalue weighted by molar-refractivity contribution is 7.89. The molecule has 0 radical (unpaired) electrons. The Morgan fingerprint density at radius 1 is 1.15 bits per heavy atom. The minimum atomic E-state index is -3.74. The molecule has 3 heterocycles. The van der Waals surface area contributed by atoms with Crippen molar-refractivity contribution in [3.8, 4) is 0 Å². The third-order valence-electron chi connectivity index (χ3n) is 6.95. The first-order valence-electron chi connectivity index (χ1n) is 12.0. The van der Waals surface area contributed by atoms with E-state index in [-0.39, 0.29) is 35.1 Å². The van der Waals surface area contributed by atoms with Gasteiger partial charge in [0.25, 0.3) is 0 Å². The number of amides is 1. The highest BCUT2D eigenvalue weighted by Gasteiger charge is 2.36. The van der Waals surface area contributed by atoms with Gasteiger partial charge >= 0.3 is 0 Å². The molecular weight excluding hydrogens is 454 g/mol. The predicted octanol–water partition coefficient (Wildman–Crippen LogP) is 2.02. The second-order valence-corrected chi connectivity index (χ2v) is 11.2. The first kappa shape index (κ1) is 24.7. The van der Waals surface area contributed by atoms with Gasteiger partial charge in [0.05, 0.1) is 5.92 Å². The average molecular weight is 490 g/mol. The monoisotopic (exact) mass is 489 g/mol. The van der Waals surface area contributed by atoms with Crippen molar-refractivity contribution in [3.05, 3.63) is 41.8 Å². The molecule has 2 saturated heterocycles. The summed E-state index contributed by atoms with van der Waals surface area (Å²) in [6.45, 7) is 10.3. The SMILES string of the molecule is Cc1noc(C)c1S(=O)(=O)N1CCCC(C(=O)NCC(C)N2CCN(c3ccccc3)CC2)C1. The molecule has 9 nitrogen and oxygen atoms in total. The quantitative estimate of drug-likeness (QED) is 0.635. The summed E-state index contributed by atoms with van der Waals surface area (Å²) < 4.78 is 32.7. The summed E-state index contributed by atoms with van der Waals surface area (Å²) >= 11 is 0. The number of hydrogen-bond donors (Lipinski definition) is 1. The van der Waals surface area contributed by atoms with Gasteiger partial charge in [-0.3, -0.25) is 9.69 Å². The van der Waals surface area contributed by atoms with Crippen LogP contribution >= 0.6 is 0 Å². The zero-order valence-electron chi connectivity index (χ0n) is 20.2. The summed E-state index contributed by atoms with van der Waals surface area (Å²) in [6.07, 6.45) is 1.33. The minimum Gasteiger partial charge on any atom is -0.369 e. The van der Waals surface area contributed by atoms with Crippen molar-refractivity contribution in [2.75, 3.05) is 50.7 Å². The number of aryl methyl sites for hydroxylation is 2. The van der Waals surface area contributed by atoms with Gasteiger partial charge in [0.15, 0.2) is 5.76 Å². The number of para-hydroxylation sites is 1. The van der Waals surface area contributed by atoms with Crippen LogP contribution in [0.15, 0.2) is 39.8 Å². The van der Waals surface area contributed by atoms with Gasteiger partial charge in [-0.15, -0.1) is 0 Å². The molecule has 0 spiro atoms. The van der Waals surface area contributed by atoms with E-state index < -0.39 is 10.0 Å². The Hall–Kier alpha value is -2.43. The van der Waals surface area contributed by atoms with Crippen molar-refractivity contribution in [1.29, 1.82) is 0 Å². The van der Waals surface area contributed by atoms with Crippen LogP contribution in [-0.2, 0) is 14.8 Å². The van der Waals surface area contributed by atoms with Gasteiger partial charge in [-0.05, 0) is 45.7 Å². The lowest BCUT2D eigenvalue weighted by Gasteiger charge is -2.39. The molecule has 2 atom stereocenters. The van der Waals surface area contributed by atoms with Crippen molar-refractivity contribution in [1.82, 2.24) is 19.7 Å². The van der Waals surface area contributed by atoms with Crippen LogP contribution < -0.4 is 10.2 Å². The number of piperidine rings is 1. The molecule has 1 aromatic heterocycles. The zero-order chi connectivity index (χ0) is 24.3. The van der Waals surface area contributed by atoms with Crippen molar-refractivity contribution in [2.24, 2.45) is 5.92 Å². The van der Waals surface area contributed by atoms with Crippen LogP contribution in [-0.4, -0.2) is 80.5 Å². The van der Waals surface area contributed by atoms with Gasteiger partial charge in [-0.25, -0.2) is 8.42 Å². The fourth-order valence-electron chi connectivity index (χ4n) is 4.93. The van der Waals surface area contributed by atoms with Gasteiger partial charge < -0.3 is 14.7 Å². The topological polar surface area (TPSA) is 99.0 Å². The van der Waals surface area contributed by atoms with E-state index in [0.717, 1.165) is 26.2 Å². The summed E-state index contributed by atoms with van der Waals surface area (Å²) in [6, 6.07) is 10.6. The number of piperazine rings is 1. The standard InChI is InChI=1S/C24H35N5O4S/c1-18(27-12-14-28(15-13-27)22-9-5-4-6-10-22)16-25-24(30)21-8-7-11-29(17-21)34(31,32)23-19(2)26-33-20(23)3/h4-6,9-10,18,21H,7-8,11-17H2,1-3H3,(H,25,30). The van der Waals surface area contributed by atoms with Crippen molar-refractivity contribution < 1.29 is 17.7 Å². The minimum absolute atomic E-state index is 0.0755. The molecule has 34 heavy (non-hydrogen) atoms. The van der Waals surface area contributed by atoms with Crippen LogP contribution in [0.5, 0.6) is 0 Å². The third-order valence-corrected chi connectivity index (χ3v) is 9.06. The lowest BCUT2D eigenvalue weighted by atomic mass is 9.99. The maximum absolute atomic E-state index is 13.1. The van der Waals surface area contributed by atoms with Crippen LogP contribution in [0.2, 0.25) is 0 Å². The Morgan fingerprint density at radius 2 is 1.85 bits per heavy atom. The molecule has 10 heteroatoms. The molecule has 2 unspecified atom stereocenters. The Kier molecular flexibility index (Phi) is 7.59. The molecule has 186 valence electrons. The number of aromatic nitrogens is 1. The molecule has 2 aliphatic rings. The van der Waals surface area contributed by atoms with E-state index in [2.05, 4.69) is 51.5 Å². The van der Waals surface area contributed by atoms with E-state index in [1.807, 2.05) is 6.07 Å². The van der Waals surface area contributed by atoms with E-state index in [0.29, 0.717) is 31.6 Å². The number of hydrogen-bond acceptors (Lipinski definition) is 7. The Bertz CT molecular complexity index is 1060. The van der Waals surface area contributed by atoms with Crippen LogP contribution in [0.25, 0.3) is 0 Å². The third kappa shape index (κ3) is 5.29. The van der Waals surface area contributed by atoms with Gasteiger partial charge in [-0.2, -0.15) is 4.31 Å². The summed E-state index contributed by atoms with van der Waals surface area (Å²) in [7, 11) is -3.74. The second kappa shape index (κ2) is 10.5. The fraction of sp³-hybridized carbons (Fsp3) is 0.583. The largest absolute Gasteiger partial charge is 0.369 e. The molecule has 4 rings (SSSR count). The Labute approximate surface area is 202 Å². The lowest BCUT2D eigenvalue weighted by molar-refractivity contribution is -0.126. The summed E-state index contributed by atoms with van der Waals surface area (Å²) in [4.78, 5) is 17.8. The molecule has 2 aliphatic heterocycles. The maximum atomic E-state index is 13.1. The summed E-state index contributed by atoms with van der Waals surface area (Å²) in [5.41, 5.74) is 1.60. The number of nitrogens with zero attached hydrogens (tertiary/aromatic N) is 4. The van der Waals surface area contributed by atoms with Gasteiger partial charge in [0.2, 0.25) is 15.9 Å². The molecule has 2 fully saturated rings. The highest BCUT2D eigenvalue weighted by atomic mass is 32.2. The molecule has 0 bridgehead atoms. The van der Waals surface area contributed by atoms with Gasteiger partial charge in [-0.1, -0.05) is 23.4 Å². The van der Waals surface area contributed by atoms with Crippen molar-refractivity contribution in [3.63, 3.8) is 0 Å². The van der Waals surface area contributed by atoms with Crippen molar-refractivity contribution in [2.45, 2.75) is 44.6 Å². The number of sulfonamides is 1. The van der Waals surface area contributed by atoms with E-state index in [9.17, 15) is 13.2 Å². The van der Waals surface area contributed by atoms with E-state index in [1.54, 1.807) is 13.8 Å². The van der Waals surface area contributed by atoms with E-state index in [4.69, 9.17) is 4.52 Å². The normalized spacial score (nSPS) is 21.4. The molecule has 1 N–H and O–H groups in total. The Morgan fingerprint density at radius 3 is 2.50 bits per heavy atom. The first-order chi connectivity index (χ1) is 16.3. The molecule has 1 aromatic carbocycles. The fourth-order valence-corrected chi connectivity index (χ4v) is 6.74. The average Bonchev–Trinajstić information content (AvgIpc) is 3.21. The van der Waals surface area contributed by atoms with E-state index in [1.165, 1.54) is 9.99 Å². The van der Waals surface area contributed by atoms with Crippen LogP contribution in [0.1, 0.15) is 31.2 Å². The summed E-state index contributed by atoms with van der Waals surface area (Å²) in [5.74, 6) is -0.148. The number of rotatable bonds is 7. The number of carbonyl (C=O) groups excluding carboxylic acids is 1. The van der Waals surface area contributed by atoms with E-state index >= 15 is 0 Å². The Balaban J connectivity index is 1.28. The second-order valence-electron chi connectivity index (χ2n) is 9.31. The maximum Gasteiger partial charge on any atom is 0.248 e. The molecular formula is C24H35N5O4S. The van der Waals surface area contributed by atoms with Crippen LogP contribution in [0.4, 0.5) is 5.69 Å². The number of benzene rings is 1. The molecule has 1 amide bonds. The smallest absolute Gasteiger partial charge is 0.248 e. The molecule has 0 saturated carbocycles. The number of anilines is 1. The van der Waals surface area contributed by atoms with Crippen LogP contribution in [0.3, 0.4) is 0 Å². The van der Waals surface area contributed by atoms with Gasteiger partial charge in [0, 0.05) is 57.5 Å². The summed E-state index contributed by atoms with van der Waals surface area (Å²) in [5, 5.41) is 6.85. The van der Waals surface area contributed by atoms with Crippen LogP contribution in [0, 0.1) is 19.8 Å².